The predicted molar refractivity (Wildman–Crippen MR) is 92.6 cm³/mol. The maximum Gasteiger partial charge on any atom is 0.0954 e. The Balaban J connectivity index is 0.00000180. The lowest BCUT2D eigenvalue weighted by molar-refractivity contribution is 0.165. The van der Waals surface area contributed by atoms with Gasteiger partial charge in [-0.15, -0.1) is 36.2 Å². The minimum Gasteiger partial charge on any atom is -0.319 e. The van der Waals surface area contributed by atoms with Crippen molar-refractivity contribution < 1.29 is 0 Å². The highest BCUT2D eigenvalue weighted by Crippen LogP contribution is 2.22. The number of nitrogens with zero attached hydrogens (tertiary/aromatic N) is 2. The number of nitrogens with one attached hydrogen (secondary N) is 1. The molecule has 1 saturated heterocycles. The molecule has 6 heteroatoms. The number of likely N-dealkylation sites (tertiary alicyclic amines) is 1. The minimum absolute atomic E-state index is 0. The van der Waals surface area contributed by atoms with Crippen molar-refractivity contribution in [2.45, 2.75) is 39.2 Å². The summed E-state index contributed by atoms with van der Waals surface area (Å²) in [6.45, 7) is 9.05. The normalized spacial score (nSPS) is 19.5. The van der Waals surface area contributed by atoms with Crippen LogP contribution in [0.2, 0.25) is 0 Å². The molecule has 0 bridgehead atoms. The van der Waals surface area contributed by atoms with Gasteiger partial charge in [0.2, 0.25) is 0 Å². The highest BCUT2D eigenvalue weighted by molar-refractivity contribution is 7.09. The molecule has 2 rings (SSSR count). The van der Waals surface area contributed by atoms with Crippen LogP contribution in [-0.2, 0) is 6.54 Å². The van der Waals surface area contributed by atoms with Crippen LogP contribution in [0.4, 0.5) is 0 Å². The molecule has 1 N–H and O–H groups in total. The van der Waals surface area contributed by atoms with Gasteiger partial charge in [0.05, 0.1) is 10.7 Å². The monoisotopic (exact) mass is 339 g/mol. The topological polar surface area (TPSA) is 28.2 Å². The van der Waals surface area contributed by atoms with Gasteiger partial charge in [0, 0.05) is 24.4 Å². The summed E-state index contributed by atoms with van der Waals surface area (Å²) in [4.78, 5) is 7.30. The summed E-state index contributed by atoms with van der Waals surface area (Å²) < 4.78 is 0. The Labute approximate surface area is 139 Å². The van der Waals surface area contributed by atoms with E-state index in [1.807, 2.05) is 18.4 Å². The zero-order chi connectivity index (χ0) is 13.0. The van der Waals surface area contributed by atoms with Gasteiger partial charge in [-0.3, -0.25) is 4.90 Å². The van der Waals surface area contributed by atoms with E-state index in [-0.39, 0.29) is 24.8 Å². The van der Waals surface area contributed by atoms with E-state index < -0.39 is 0 Å². The first-order valence-electron chi connectivity index (χ1n) is 7.00. The lowest BCUT2D eigenvalue weighted by Crippen LogP contribution is -2.38. The predicted octanol–water partition coefficient (Wildman–Crippen LogP) is 3.54. The van der Waals surface area contributed by atoms with Gasteiger partial charge in [-0.2, -0.15) is 0 Å². The van der Waals surface area contributed by atoms with Crippen LogP contribution in [0.1, 0.15) is 43.3 Å². The molecule has 0 spiro atoms. The number of aromatic nitrogens is 1. The van der Waals surface area contributed by atoms with Crippen LogP contribution < -0.4 is 5.32 Å². The van der Waals surface area contributed by atoms with Gasteiger partial charge in [-0.25, -0.2) is 4.98 Å². The zero-order valence-corrected chi connectivity index (χ0v) is 15.0. The fraction of sp³-hybridized carbons (Fsp3) is 0.786. The molecule has 3 nitrogen and oxygen atoms in total. The molecule has 1 aliphatic rings. The molecule has 1 atom stereocenters. The molecule has 1 unspecified atom stereocenters. The molecule has 0 saturated carbocycles. The number of thiazole rings is 1. The Morgan fingerprint density at radius 3 is 2.80 bits per heavy atom. The van der Waals surface area contributed by atoms with Crippen molar-refractivity contribution >= 4 is 36.2 Å². The van der Waals surface area contributed by atoms with Crippen molar-refractivity contribution in [1.82, 2.24) is 15.2 Å². The number of hydrogen-bond acceptors (Lipinski definition) is 4. The smallest absolute Gasteiger partial charge is 0.0954 e. The number of halogens is 2. The second-order valence-corrected chi connectivity index (χ2v) is 6.52. The number of piperidine rings is 1. The maximum absolute atomic E-state index is 4.74. The second kappa shape index (κ2) is 9.96. The molecule has 1 fully saturated rings. The van der Waals surface area contributed by atoms with Crippen LogP contribution in [-0.4, -0.2) is 36.6 Å². The first kappa shape index (κ1) is 20.1. The van der Waals surface area contributed by atoms with Crippen molar-refractivity contribution in [3.63, 3.8) is 0 Å². The van der Waals surface area contributed by atoms with Crippen molar-refractivity contribution in [2.75, 3.05) is 26.7 Å². The Morgan fingerprint density at radius 1 is 1.45 bits per heavy atom. The van der Waals surface area contributed by atoms with E-state index in [1.165, 1.54) is 36.6 Å². The van der Waals surface area contributed by atoms with E-state index in [1.54, 1.807) is 0 Å². The van der Waals surface area contributed by atoms with Crippen LogP contribution in [0, 0.1) is 5.92 Å². The number of hydrogen-bond donors (Lipinski definition) is 1. The van der Waals surface area contributed by atoms with Gasteiger partial charge in [0.25, 0.3) is 0 Å². The fourth-order valence-electron chi connectivity index (χ4n) is 2.64. The molecule has 2 heterocycles. The summed E-state index contributed by atoms with van der Waals surface area (Å²) in [5.74, 6) is 1.37. The van der Waals surface area contributed by atoms with E-state index >= 15 is 0 Å². The summed E-state index contributed by atoms with van der Waals surface area (Å²) in [7, 11) is 2.05. The van der Waals surface area contributed by atoms with E-state index in [9.17, 15) is 0 Å². The highest BCUT2D eigenvalue weighted by atomic mass is 35.5. The molecule has 1 aromatic rings. The lowest BCUT2D eigenvalue weighted by Gasteiger charge is -2.32. The first-order valence-corrected chi connectivity index (χ1v) is 7.88. The summed E-state index contributed by atoms with van der Waals surface area (Å²) >= 11 is 1.81. The standard InChI is InChI=1S/C14H25N3S.2ClH/c1-11(2)14-16-13(10-18-14)9-17-6-4-5-12(8-17)7-15-3;;/h10-12,15H,4-9H2,1-3H3;2*1H. The van der Waals surface area contributed by atoms with Gasteiger partial charge >= 0.3 is 0 Å². The average molecular weight is 340 g/mol. The van der Waals surface area contributed by atoms with Crippen molar-refractivity contribution in [3.8, 4) is 0 Å². The van der Waals surface area contributed by atoms with E-state index in [4.69, 9.17) is 4.98 Å². The van der Waals surface area contributed by atoms with Gasteiger partial charge in [0.1, 0.15) is 0 Å². The van der Waals surface area contributed by atoms with Crippen LogP contribution >= 0.6 is 36.2 Å². The molecule has 20 heavy (non-hydrogen) atoms. The zero-order valence-electron chi connectivity index (χ0n) is 12.6. The quantitative estimate of drug-likeness (QED) is 0.889. The third-order valence-electron chi connectivity index (χ3n) is 3.54. The average Bonchev–Trinajstić information content (AvgIpc) is 2.78. The largest absolute Gasteiger partial charge is 0.319 e. The van der Waals surface area contributed by atoms with Crippen molar-refractivity contribution in [3.05, 3.63) is 16.1 Å². The van der Waals surface area contributed by atoms with Crippen molar-refractivity contribution in [1.29, 1.82) is 0 Å². The maximum atomic E-state index is 4.74. The lowest BCUT2D eigenvalue weighted by atomic mass is 9.98. The fourth-order valence-corrected chi connectivity index (χ4v) is 3.47. The third kappa shape index (κ3) is 5.86. The Bertz CT molecular complexity index is 369. The van der Waals surface area contributed by atoms with E-state index in [0.29, 0.717) is 5.92 Å². The molecule has 0 amide bonds. The van der Waals surface area contributed by atoms with Gasteiger partial charge in [-0.1, -0.05) is 13.8 Å². The summed E-state index contributed by atoms with van der Waals surface area (Å²) in [6.07, 6.45) is 2.69. The minimum atomic E-state index is 0. The third-order valence-corrected chi connectivity index (χ3v) is 4.74. The summed E-state index contributed by atoms with van der Waals surface area (Å²) in [6, 6.07) is 0. The van der Waals surface area contributed by atoms with Gasteiger partial charge < -0.3 is 5.32 Å². The second-order valence-electron chi connectivity index (χ2n) is 5.63. The van der Waals surface area contributed by atoms with Gasteiger partial charge in [-0.05, 0) is 38.9 Å². The van der Waals surface area contributed by atoms with E-state index in [2.05, 4.69) is 29.4 Å². The molecule has 1 aliphatic heterocycles. The molecule has 1 aromatic heterocycles. The Kier molecular flexibility index (Phi) is 10.0. The molecule has 0 aliphatic carbocycles. The van der Waals surface area contributed by atoms with Crippen LogP contribution in [0.15, 0.2) is 5.38 Å². The van der Waals surface area contributed by atoms with Crippen LogP contribution in [0.25, 0.3) is 0 Å². The number of rotatable bonds is 5. The first-order chi connectivity index (χ1) is 8.69. The van der Waals surface area contributed by atoms with Gasteiger partial charge in [0.15, 0.2) is 0 Å². The van der Waals surface area contributed by atoms with E-state index in [0.717, 1.165) is 19.0 Å². The molecule has 0 radical (unpaired) electrons. The van der Waals surface area contributed by atoms with Crippen LogP contribution in [0.5, 0.6) is 0 Å². The molecule has 118 valence electrons. The highest BCUT2D eigenvalue weighted by Gasteiger charge is 2.20. The van der Waals surface area contributed by atoms with Crippen molar-refractivity contribution in [2.24, 2.45) is 5.92 Å². The molecular formula is C14H27Cl2N3S. The summed E-state index contributed by atoms with van der Waals surface area (Å²) in [5.41, 5.74) is 1.26. The Hall–Kier alpha value is 0.130. The summed E-state index contributed by atoms with van der Waals surface area (Å²) in [5, 5.41) is 6.81. The van der Waals surface area contributed by atoms with Crippen LogP contribution in [0.3, 0.4) is 0 Å². The SMILES string of the molecule is CNCC1CCCN(Cc2csc(C(C)C)n2)C1.Cl.Cl. The molecule has 0 aromatic carbocycles. The Morgan fingerprint density at radius 2 is 2.20 bits per heavy atom. The molecular weight excluding hydrogens is 313 g/mol.